The van der Waals surface area contributed by atoms with Gasteiger partial charge in [0, 0.05) is 50.8 Å². The van der Waals surface area contributed by atoms with Crippen LogP contribution in [0.3, 0.4) is 0 Å². The summed E-state index contributed by atoms with van der Waals surface area (Å²) >= 11 is 5.90. The number of carbonyl (C=O) groups excluding carboxylic acids is 1. The van der Waals surface area contributed by atoms with E-state index in [0.29, 0.717) is 36.6 Å². The first-order chi connectivity index (χ1) is 15.4. The number of rotatable bonds is 6. The summed E-state index contributed by atoms with van der Waals surface area (Å²) < 4.78 is 27.4. The van der Waals surface area contributed by atoms with Crippen LogP contribution in [0.5, 0.6) is 0 Å². The Labute approximate surface area is 195 Å². The summed E-state index contributed by atoms with van der Waals surface area (Å²) in [6.45, 7) is 4.71. The van der Waals surface area contributed by atoms with Gasteiger partial charge in [-0.1, -0.05) is 54.1 Å². The molecule has 0 aliphatic carbocycles. The molecule has 32 heavy (non-hydrogen) atoms. The van der Waals surface area contributed by atoms with Crippen molar-refractivity contribution >= 4 is 27.5 Å². The summed E-state index contributed by atoms with van der Waals surface area (Å²) in [7, 11) is -3.48. The second kappa shape index (κ2) is 10.3. The molecule has 2 fully saturated rings. The van der Waals surface area contributed by atoms with Crippen molar-refractivity contribution in [2.45, 2.75) is 25.1 Å². The predicted molar refractivity (Wildman–Crippen MR) is 127 cm³/mol. The first kappa shape index (κ1) is 23.2. The summed E-state index contributed by atoms with van der Waals surface area (Å²) in [6.07, 6.45) is 1.46. The van der Waals surface area contributed by atoms with E-state index in [1.807, 2.05) is 23.1 Å². The van der Waals surface area contributed by atoms with Crippen LogP contribution in [0.25, 0.3) is 0 Å². The lowest BCUT2D eigenvalue weighted by molar-refractivity contribution is -0.138. The van der Waals surface area contributed by atoms with E-state index in [9.17, 15) is 13.2 Å². The van der Waals surface area contributed by atoms with Crippen molar-refractivity contribution < 1.29 is 13.2 Å². The van der Waals surface area contributed by atoms with Gasteiger partial charge >= 0.3 is 0 Å². The van der Waals surface area contributed by atoms with Crippen molar-refractivity contribution in [3.63, 3.8) is 0 Å². The van der Waals surface area contributed by atoms with E-state index in [0.717, 1.165) is 26.1 Å². The van der Waals surface area contributed by atoms with Crippen LogP contribution in [0.4, 0.5) is 0 Å². The molecule has 8 heteroatoms. The summed E-state index contributed by atoms with van der Waals surface area (Å²) in [6, 6.07) is 17.2. The van der Waals surface area contributed by atoms with Crippen LogP contribution in [-0.2, 0) is 27.1 Å². The number of piperazine rings is 1. The van der Waals surface area contributed by atoms with Crippen molar-refractivity contribution in [2.24, 2.45) is 5.92 Å². The summed E-state index contributed by atoms with van der Waals surface area (Å²) in [5.74, 6) is -0.233. The molecule has 1 amide bonds. The van der Waals surface area contributed by atoms with Gasteiger partial charge in [-0.15, -0.1) is 0 Å². The van der Waals surface area contributed by atoms with Crippen LogP contribution in [-0.4, -0.2) is 67.7 Å². The molecule has 0 N–H and O–H groups in total. The first-order valence-corrected chi connectivity index (χ1v) is 13.2. The van der Waals surface area contributed by atoms with Crippen LogP contribution in [0.15, 0.2) is 54.6 Å². The number of hydrogen-bond acceptors (Lipinski definition) is 4. The zero-order valence-corrected chi connectivity index (χ0v) is 19.8. The number of halogens is 1. The fourth-order valence-electron chi connectivity index (χ4n) is 4.51. The molecule has 2 aliphatic rings. The minimum atomic E-state index is -3.48. The second-order valence-corrected chi connectivity index (χ2v) is 11.1. The molecular weight excluding hydrogens is 446 g/mol. The highest BCUT2D eigenvalue weighted by Gasteiger charge is 2.35. The molecule has 0 saturated carbocycles. The fourth-order valence-corrected chi connectivity index (χ4v) is 6.24. The SMILES string of the molecule is O=C([C@@H]1CCCN(S(=O)(=O)Cc2ccc(Cl)cc2)C1)N1CCN(Cc2ccccc2)CC1. The molecule has 0 unspecified atom stereocenters. The third-order valence-corrected chi connectivity index (χ3v) is 8.39. The van der Waals surface area contributed by atoms with Crippen LogP contribution in [0.1, 0.15) is 24.0 Å². The van der Waals surface area contributed by atoms with E-state index in [2.05, 4.69) is 17.0 Å². The Balaban J connectivity index is 1.31. The first-order valence-electron chi connectivity index (χ1n) is 11.2. The van der Waals surface area contributed by atoms with Gasteiger partial charge in [-0.2, -0.15) is 0 Å². The molecule has 0 bridgehead atoms. The van der Waals surface area contributed by atoms with E-state index in [4.69, 9.17) is 11.6 Å². The molecule has 2 aromatic carbocycles. The van der Waals surface area contributed by atoms with Gasteiger partial charge in [0.05, 0.1) is 11.7 Å². The van der Waals surface area contributed by atoms with Crippen LogP contribution in [0, 0.1) is 5.92 Å². The largest absolute Gasteiger partial charge is 0.340 e. The van der Waals surface area contributed by atoms with Gasteiger partial charge in [-0.05, 0) is 36.1 Å². The van der Waals surface area contributed by atoms with Gasteiger partial charge < -0.3 is 4.90 Å². The van der Waals surface area contributed by atoms with Gasteiger partial charge in [0.15, 0.2) is 0 Å². The van der Waals surface area contributed by atoms with Gasteiger partial charge in [-0.25, -0.2) is 12.7 Å². The molecule has 2 heterocycles. The molecule has 2 aliphatic heterocycles. The van der Waals surface area contributed by atoms with E-state index in [1.165, 1.54) is 9.87 Å². The number of nitrogens with zero attached hydrogens (tertiary/aromatic N) is 3. The molecular formula is C24H30ClN3O3S. The third-order valence-electron chi connectivity index (χ3n) is 6.32. The van der Waals surface area contributed by atoms with Crippen LogP contribution < -0.4 is 0 Å². The quantitative estimate of drug-likeness (QED) is 0.643. The summed E-state index contributed by atoms with van der Waals surface area (Å²) in [5, 5.41) is 0.582. The minimum Gasteiger partial charge on any atom is -0.340 e. The number of carbonyl (C=O) groups is 1. The lowest BCUT2D eigenvalue weighted by atomic mass is 9.97. The average Bonchev–Trinajstić information content (AvgIpc) is 2.81. The van der Waals surface area contributed by atoms with Crippen molar-refractivity contribution in [3.8, 4) is 0 Å². The molecule has 1 atom stereocenters. The van der Waals surface area contributed by atoms with Gasteiger partial charge in [0.1, 0.15) is 0 Å². The lowest BCUT2D eigenvalue weighted by Gasteiger charge is -2.38. The molecule has 2 saturated heterocycles. The predicted octanol–water partition coefficient (Wildman–Crippen LogP) is 3.23. The van der Waals surface area contributed by atoms with E-state index in [-0.39, 0.29) is 24.1 Å². The average molecular weight is 476 g/mol. The Hall–Kier alpha value is -1.93. The maximum atomic E-state index is 13.2. The second-order valence-electron chi connectivity index (χ2n) is 8.67. The number of amides is 1. The summed E-state index contributed by atoms with van der Waals surface area (Å²) in [5.41, 5.74) is 1.98. The lowest BCUT2D eigenvalue weighted by Crippen LogP contribution is -2.52. The Kier molecular flexibility index (Phi) is 7.51. The summed E-state index contributed by atoms with van der Waals surface area (Å²) in [4.78, 5) is 17.4. The fraction of sp³-hybridized carbons (Fsp3) is 0.458. The Morgan fingerprint density at radius 3 is 2.28 bits per heavy atom. The maximum Gasteiger partial charge on any atom is 0.227 e. The number of piperidine rings is 1. The Morgan fingerprint density at radius 2 is 1.59 bits per heavy atom. The molecule has 0 radical (unpaired) electrons. The highest BCUT2D eigenvalue weighted by Crippen LogP contribution is 2.24. The van der Waals surface area contributed by atoms with Crippen molar-refractivity contribution in [1.82, 2.24) is 14.1 Å². The van der Waals surface area contributed by atoms with Gasteiger partial charge in [0.25, 0.3) is 0 Å². The van der Waals surface area contributed by atoms with Crippen molar-refractivity contribution in [1.29, 1.82) is 0 Å². The smallest absolute Gasteiger partial charge is 0.227 e. The van der Waals surface area contributed by atoms with Crippen molar-refractivity contribution in [2.75, 3.05) is 39.3 Å². The van der Waals surface area contributed by atoms with E-state index < -0.39 is 10.0 Å². The highest BCUT2D eigenvalue weighted by atomic mass is 35.5. The monoisotopic (exact) mass is 475 g/mol. The normalized spacial score (nSPS) is 20.9. The molecule has 0 spiro atoms. The molecule has 2 aromatic rings. The van der Waals surface area contributed by atoms with Crippen LogP contribution >= 0.6 is 11.6 Å². The Bertz CT molecular complexity index is 1010. The zero-order chi connectivity index (χ0) is 22.6. The molecule has 172 valence electrons. The van der Waals surface area contributed by atoms with E-state index >= 15 is 0 Å². The number of sulfonamides is 1. The standard InChI is InChI=1S/C24H30ClN3O3S/c25-23-10-8-21(9-11-23)19-32(30,31)28-12-4-7-22(18-28)24(29)27-15-13-26(14-16-27)17-20-5-2-1-3-6-20/h1-3,5-6,8-11,22H,4,7,12-19H2/t22-/m1/s1. The van der Waals surface area contributed by atoms with Crippen molar-refractivity contribution in [3.05, 3.63) is 70.7 Å². The van der Waals surface area contributed by atoms with Gasteiger partial charge in [-0.3, -0.25) is 9.69 Å². The molecule has 4 rings (SSSR count). The van der Waals surface area contributed by atoms with E-state index in [1.54, 1.807) is 24.3 Å². The molecule has 0 aromatic heterocycles. The Morgan fingerprint density at radius 1 is 0.906 bits per heavy atom. The molecule has 6 nitrogen and oxygen atoms in total. The number of benzene rings is 2. The highest BCUT2D eigenvalue weighted by molar-refractivity contribution is 7.88. The minimum absolute atomic E-state index is 0.0662. The number of hydrogen-bond donors (Lipinski definition) is 0. The topological polar surface area (TPSA) is 60.9 Å². The van der Waals surface area contributed by atoms with Crippen LogP contribution in [0.2, 0.25) is 5.02 Å². The van der Waals surface area contributed by atoms with Gasteiger partial charge in [0.2, 0.25) is 15.9 Å². The maximum absolute atomic E-state index is 13.2. The third kappa shape index (κ3) is 5.90. The zero-order valence-electron chi connectivity index (χ0n) is 18.2.